The molecule has 0 spiro atoms. The van der Waals surface area contributed by atoms with Gasteiger partial charge in [0.15, 0.2) is 0 Å². The molecule has 1 aromatic rings. The van der Waals surface area contributed by atoms with E-state index in [9.17, 15) is 18.0 Å². The number of anilines is 1. The number of carbonyl (C=O) groups excluding carboxylic acids is 1. The molecule has 8 heteroatoms. The minimum atomic E-state index is -4.42. The first-order valence-electron chi connectivity index (χ1n) is 5.65. The highest BCUT2D eigenvalue weighted by Crippen LogP contribution is 2.28. The monoisotopic (exact) mass is 292 g/mol. The molecule has 0 aliphatic carbocycles. The quantitative estimate of drug-likeness (QED) is 0.839. The van der Waals surface area contributed by atoms with E-state index in [0.717, 1.165) is 0 Å². The summed E-state index contributed by atoms with van der Waals surface area (Å²) in [6.07, 6.45) is -4.42. The third kappa shape index (κ3) is 5.25. The molecule has 0 saturated heterocycles. The average molecular weight is 292 g/mol. The minimum Gasteiger partial charge on any atom is -0.497 e. The number of carbonyl (C=O) groups is 1. The summed E-state index contributed by atoms with van der Waals surface area (Å²) in [7, 11) is 2.93. The van der Waals surface area contributed by atoms with Gasteiger partial charge >= 0.3 is 6.18 Å². The molecule has 1 amide bonds. The number of hydrogen-bond acceptors (Lipinski definition) is 4. The molecular weight excluding hydrogens is 277 g/mol. The topological polar surface area (TPSA) is 59.6 Å². The number of ether oxygens (including phenoxy) is 2. The summed E-state index contributed by atoms with van der Waals surface area (Å²) in [5.74, 6) is 0.224. The third-order valence-electron chi connectivity index (χ3n) is 2.33. The number of rotatable bonds is 6. The van der Waals surface area contributed by atoms with E-state index in [2.05, 4.69) is 5.32 Å². The Morgan fingerprint density at radius 3 is 2.50 bits per heavy atom. The van der Waals surface area contributed by atoms with Gasteiger partial charge in [0.25, 0.3) is 0 Å². The second kappa shape index (κ2) is 6.88. The first-order valence-corrected chi connectivity index (χ1v) is 5.65. The van der Waals surface area contributed by atoms with Gasteiger partial charge in [0.1, 0.15) is 18.0 Å². The molecule has 0 radical (unpaired) electrons. The molecule has 112 valence electrons. The molecule has 1 aromatic carbocycles. The van der Waals surface area contributed by atoms with E-state index in [4.69, 9.17) is 9.47 Å². The zero-order valence-electron chi connectivity index (χ0n) is 11.0. The van der Waals surface area contributed by atoms with Crippen LogP contribution in [0.4, 0.5) is 18.9 Å². The standard InChI is InChI=1S/C12H15F3N2O3/c1-19-8-3-4-9(10(5-8)20-2)16-6-11(18)17-7-12(13,14)15/h3-5,16H,6-7H2,1-2H3,(H,17,18). The fourth-order valence-corrected chi connectivity index (χ4v) is 1.38. The van der Waals surface area contributed by atoms with Crippen molar-refractivity contribution in [3.05, 3.63) is 18.2 Å². The van der Waals surface area contributed by atoms with Gasteiger partial charge in [0.2, 0.25) is 5.91 Å². The van der Waals surface area contributed by atoms with E-state index in [1.54, 1.807) is 23.5 Å². The first kappa shape index (κ1) is 15.9. The van der Waals surface area contributed by atoms with Crippen molar-refractivity contribution >= 4 is 11.6 Å². The van der Waals surface area contributed by atoms with Crippen LogP contribution in [0.1, 0.15) is 0 Å². The first-order chi connectivity index (χ1) is 9.35. The van der Waals surface area contributed by atoms with Crippen molar-refractivity contribution in [2.45, 2.75) is 6.18 Å². The number of amides is 1. The Balaban J connectivity index is 2.55. The lowest BCUT2D eigenvalue weighted by Crippen LogP contribution is -2.37. The lowest BCUT2D eigenvalue weighted by Gasteiger charge is -2.13. The lowest BCUT2D eigenvalue weighted by atomic mass is 10.2. The summed E-state index contributed by atoms with van der Waals surface area (Å²) in [5, 5.41) is 4.45. The zero-order valence-corrected chi connectivity index (χ0v) is 11.0. The van der Waals surface area contributed by atoms with Gasteiger partial charge in [-0.15, -0.1) is 0 Å². The van der Waals surface area contributed by atoms with Crippen LogP contribution in [0, 0.1) is 0 Å². The van der Waals surface area contributed by atoms with Crippen LogP contribution in [-0.2, 0) is 4.79 Å². The molecule has 0 bridgehead atoms. The fraction of sp³-hybridized carbons (Fsp3) is 0.417. The Kier molecular flexibility index (Phi) is 5.48. The van der Waals surface area contributed by atoms with Gasteiger partial charge in [0, 0.05) is 6.07 Å². The summed E-state index contributed by atoms with van der Waals surface area (Å²) in [6, 6.07) is 4.84. The molecule has 0 aliphatic heterocycles. The highest BCUT2D eigenvalue weighted by Gasteiger charge is 2.27. The van der Waals surface area contributed by atoms with Gasteiger partial charge in [-0.25, -0.2) is 0 Å². The van der Waals surface area contributed by atoms with Crippen molar-refractivity contribution in [3.63, 3.8) is 0 Å². The molecule has 0 aliphatic rings. The molecule has 0 aromatic heterocycles. The summed E-state index contributed by atoms with van der Waals surface area (Å²) >= 11 is 0. The summed E-state index contributed by atoms with van der Waals surface area (Å²) in [6.45, 7) is -1.65. The normalized spacial score (nSPS) is 10.8. The molecule has 20 heavy (non-hydrogen) atoms. The maximum atomic E-state index is 11.9. The Hall–Kier alpha value is -2.12. The summed E-state index contributed by atoms with van der Waals surface area (Å²) in [4.78, 5) is 11.2. The zero-order chi connectivity index (χ0) is 15.2. The molecule has 0 heterocycles. The second-order valence-corrected chi connectivity index (χ2v) is 3.81. The van der Waals surface area contributed by atoms with Crippen molar-refractivity contribution in [3.8, 4) is 11.5 Å². The Labute approximate surface area is 114 Å². The van der Waals surface area contributed by atoms with E-state index >= 15 is 0 Å². The van der Waals surface area contributed by atoms with Crippen LogP contribution in [-0.4, -0.2) is 39.4 Å². The molecule has 0 atom stereocenters. The highest BCUT2D eigenvalue weighted by atomic mass is 19.4. The molecule has 1 rings (SSSR count). The van der Waals surface area contributed by atoms with E-state index < -0.39 is 18.6 Å². The van der Waals surface area contributed by atoms with Crippen LogP contribution in [0.5, 0.6) is 11.5 Å². The lowest BCUT2D eigenvalue weighted by molar-refractivity contribution is -0.137. The van der Waals surface area contributed by atoms with Crippen molar-refractivity contribution in [1.29, 1.82) is 0 Å². The maximum absolute atomic E-state index is 11.9. The number of nitrogens with one attached hydrogen (secondary N) is 2. The number of hydrogen-bond donors (Lipinski definition) is 2. The fourth-order valence-electron chi connectivity index (χ4n) is 1.38. The molecular formula is C12H15F3N2O3. The average Bonchev–Trinajstić information content (AvgIpc) is 2.41. The van der Waals surface area contributed by atoms with Crippen molar-refractivity contribution in [1.82, 2.24) is 5.32 Å². The summed E-state index contributed by atoms with van der Waals surface area (Å²) in [5.41, 5.74) is 0.482. The van der Waals surface area contributed by atoms with E-state index in [-0.39, 0.29) is 6.54 Å². The largest absolute Gasteiger partial charge is 0.497 e. The molecule has 5 nitrogen and oxygen atoms in total. The van der Waals surface area contributed by atoms with Gasteiger partial charge < -0.3 is 20.1 Å². The smallest absolute Gasteiger partial charge is 0.405 e. The number of benzene rings is 1. The molecule has 0 saturated carbocycles. The Morgan fingerprint density at radius 2 is 1.95 bits per heavy atom. The van der Waals surface area contributed by atoms with E-state index in [1.807, 2.05) is 0 Å². The number of halogens is 3. The van der Waals surface area contributed by atoms with Crippen LogP contribution < -0.4 is 20.1 Å². The predicted molar refractivity (Wildman–Crippen MR) is 67.1 cm³/mol. The van der Waals surface area contributed by atoms with Gasteiger partial charge in [-0.1, -0.05) is 0 Å². The SMILES string of the molecule is COc1ccc(NCC(=O)NCC(F)(F)F)c(OC)c1. The van der Waals surface area contributed by atoms with Gasteiger partial charge in [0.05, 0.1) is 26.5 Å². The minimum absolute atomic E-state index is 0.293. The summed E-state index contributed by atoms with van der Waals surface area (Å²) < 4.78 is 45.8. The second-order valence-electron chi connectivity index (χ2n) is 3.81. The van der Waals surface area contributed by atoms with Crippen LogP contribution in [0.25, 0.3) is 0 Å². The molecule has 0 fully saturated rings. The van der Waals surface area contributed by atoms with Gasteiger partial charge in [-0.2, -0.15) is 13.2 Å². The van der Waals surface area contributed by atoms with Crippen LogP contribution >= 0.6 is 0 Å². The Bertz CT molecular complexity index is 464. The van der Waals surface area contributed by atoms with Crippen LogP contribution in [0.2, 0.25) is 0 Å². The van der Waals surface area contributed by atoms with Crippen LogP contribution in [0.3, 0.4) is 0 Å². The molecule has 0 unspecified atom stereocenters. The van der Waals surface area contributed by atoms with Crippen LogP contribution in [0.15, 0.2) is 18.2 Å². The van der Waals surface area contributed by atoms with Crippen molar-refractivity contribution < 1.29 is 27.4 Å². The number of methoxy groups -OCH3 is 2. The van der Waals surface area contributed by atoms with Gasteiger partial charge in [-0.3, -0.25) is 4.79 Å². The van der Waals surface area contributed by atoms with Crippen molar-refractivity contribution in [2.75, 3.05) is 32.6 Å². The third-order valence-corrected chi connectivity index (χ3v) is 2.33. The van der Waals surface area contributed by atoms with E-state index in [1.165, 1.54) is 14.2 Å². The van der Waals surface area contributed by atoms with Crippen molar-refractivity contribution in [2.24, 2.45) is 0 Å². The number of alkyl halides is 3. The molecule has 2 N–H and O–H groups in total. The highest BCUT2D eigenvalue weighted by molar-refractivity contribution is 5.81. The van der Waals surface area contributed by atoms with Gasteiger partial charge in [-0.05, 0) is 12.1 Å². The van der Waals surface area contributed by atoms with E-state index in [0.29, 0.717) is 17.2 Å². The Morgan fingerprint density at radius 1 is 1.25 bits per heavy atom. The maximum Gasteiger partial charge on any atom is 0.405 e. The predicted octanol–water partition coefficient (Wildman–Crippen LogP) is 1.79.